The van der Waals surface area contributed by atoms with E-state index in [1.165, 1.54) is 12.4 Å². The van der Waals surface area contributed by atoms with Gasteiger partial charge in [-0.15, -0.1) is 0 Å². The molecule has 0 heterocycles. The van der Waals surface area contributed by atoms with Gasteiger partial charge in [0.25, 0.3) is 5.97 Å². The molecule has 0 unspecified atom stereocenters. The van der Waals surface area contributed by atoms with Crippen molar-refractivity contribution in [2.75, 3.05) is 14.2 Å². The molecule has 3 N–H and O–H groups in total. The van der Waals surface area contributed by atoms with Gasteiger partial charge in [0.2, 0.25) is 0 Å². The number of para-hydroxylation sites is 2. The molecule has 3 aromatic rings. The number of carboxylic acids is 1. The topological polar surface area (TPSA) is 121 Å². The maximum atomic E-state index is 10.3. The van der Waals surface area contributed by atoms with Crippen LogP contribution >= 0.6 is 31.9 Å². The second-order valence-electron chi connectivity index (χ2n) is 6.62. The Labute approximate surface area is 230 Å². The van der Waals surface area contributed by atoms with Crippen molar-refractivity contribution in [1.82, 2.24) is 0 Å². The van der Waals surface area contributed by atoms with E-state index in [2.05, 4.69) is 41.8 Å². The van der Waals surface area contributed by atoms with Gasteiger partial charge in [0, 0.05) is 30.5 Å². The van der Waals surface area contributed by atoms with E-state index in [9.17, 15) is 10.2 Å². The first-order valence-electron chi connectivity index (χ1n) is 9.66. The van der Waals surface area contributed by atoms with Crippen molar-refractivity contribution < 1.29 is 46.7 Å². The van der Waals surface area contributed by atoms with Gasteiger partial charge < -0.3 is 24.8 Å². The van der Waals surface area contributed by atoms with Gasteiger partial charge in [0.1, 0.15) is 23.0 Å². The van der Waals surface area contributed by atoms with Crippen LogP contribution in [0.5, 0.6) is 23.0 Å². The van der Waals surface area contributed by atoms with Crippen LogP contribution in [0.1, 0.15) is 18.1 Å². The number of ether oxygens (including phenoxy) is 2. The van der Waals surface area contributed by atoms with Crippen LogP contribution in [0.15, 0.2) is 67.5 Å². The molecule has 0 aliphatic heterocycles. The molecule has 3 aromatic carbocycles. The third kappa shape index (κ3) is 9.03. The van der Waals surface area contributed by atoms with Gasteiger partial charge in [-0.3, -0.25) is 14.8 Å². The molecular weight excluding hydrogens is 627 g/mol. The third-order valence-electron chi connectivity index (χ3n) is 4.17. The average Bonchev–Trinajstić information content (AvgIpc) is 2.80. The number of halogens is 2. The third-order valence-corrected chi connectivity index (χ3v) is 5.38. The molecule has 11 heteroatoms. The molecule has 35 heavy (non-hydrogen) atoms. The van der Waals surface area contributed by atoms with Crippen molar-refractivity contribution in [3.05, 3.63) is 68.6 Å². The van der Waals surface area contributed by atoms with Gasteiger partial charge in [0.15, 0.2) is 0 Å². The predicted molar refractivity (Wildman–Crippen MR) is 139 cm³/mol. The Kier molecular flexibility index (Phi) is 12.5. The number of aromatic hydroxyl groups is 2. The zero-order valence-electron chi connectivity index (χ0n) is 18.9. The molecule has 0 bridgehead atoms. The van der Waals surface area contributed by atoms with E-state index >= 15 is 0 Å². The molecule has 1 radical (unpaired) electrons. The summed E-state index contributed by atoms with van der Waals surface area (Å²) in [5.41, 5.74) is 2.17. The second-order valence-corrected chi connectivity index (χ2v) is 8.33. The van der Waals surface area contributed by atoms with Gasteiger partial charge in [-0.25, -0.2) is 0 Å². The largest absolute Gasteiger partial charge is 2.00 e. The van der Waals surface area contributed by atoms with Gasteiger partial charge in [0.05, 0.1) is 34.5 Å². The zero-order chi connectivity index (χ0) is 25.3. The van der Waals surface area contributed by atoms with E-state index in [-0.39, 0.29) is 28.6 Å². The van der Waals surface area contributed by atoms with Crippen LogP contribution in [-0.2, 0) is 21.9 Å². The Morgan fingerprint density at radius 3 is 1.49 bits per heavy atom. The number of nitrogens with zero attached hydrogens (tertiary/aromatic N) is 2. The van der Waals surface area contributed by atoms with Gasteiger partial charge in [-0.1, -0.05) is 12.1 Å². The summed E-state index contributed by atoms with van der Waals surface area (Å²) in [4.78, 5) is 17.9. The number of carbonyl (C=O) groups is 1. The first-order chi connectivity index (χ1) is 16.2. The number of aliphatic carboxylic acids is 1. The second kappa shape index (κ2) is 14.5. The molecule has 0 atom stereocenters. The molecular formula is C24H22Br2MnN2O6+2. The van der Waals surface area contributed by atoms with E-state index in [1.54, 1.807) is 50.6 Å². The summed E-state index contributed by atoms with van der Waals surface area (Å²) in [5.74, 6) is 0.469. The Bertz CT molecular complexity index is 1140. The Hall–Kier alpha value is -2.85. The van der Waals surface area contributed by atoms with Crippen LogP contribution in [0.3, 0.4) is 0 Å². The number of methoxy groups -OCH3 is 2. The van der Waals surface area contributed by atoms with Crippen LogP contribution in [-0.4, -0.2) is 47.9 Å². The Balaban J connectivity index is 0.00000114. The van der Waals surface area contributed by atoms with Crippen molar-refractivity contribution in [1.29, 1.82) is 0 Å². The van der Waals surface area contributed by atoms with Crippen molar-refractivity contribution in [3.8, 4) is 23.0 Å². The number of hydrogen-bond acceptors (Lipinski definition) is 7. The van der Waals surface area contributed by atoms with Crippen LogP contribution in [0.25, 0.3) is 0 Å². The fraction of sp³-hybridized carbons (Fsp3) is 0.125. The van der Waals surface area contributed by atoms with Crippen LogP contribution in [0.2, 0.25) is 0 Å². The van der Waals surface area contributed by atoms with E-state index in [1.807, 2.05) is 12.1 Å². The van der Waals surface area contributed by atoms with Gasteiger partial charge in [-0.2, -0.15) is 0 Å². The molecule has 0 amide bonds. The molecule has 0 aromatic heterocycles. The number of hydrogen-bond donors (Lipinski definition) is 3. The van der Waals surface area contributed by atoms with E-state index < -0.39 is 5.97 Å². The SMILES string of the molecule is CC(=O)O.COc1cc(Br)c(O)c(C=Nc2ccccc2N=Cc2cc(OC)cc(Br)c2O)c1.[Mn+2]. The number of carboxylic acid groups (broad SMARTS) is 1. The molecule has 0 spiro atoms. The quantitative estimate of drug-likeness (QED) is 0.215. The smallest absolute Gasteiger partial charge is 0.506 e. The first kappa shape index (κ1) is 30.2. The van der Waals surface area contributed by atoms with Gasteiger partial charge in [-0.05, 0) is 68.3 Å². The number of aliphatic imine (C=N–C) groups is 2. The predicted octanol–water partition coefficient (Wildman–Crippen LogP) is 6.23. The summed E-state index contributed by atoms with van der Waals surface area (Å²) in [7, 11) is 3.10. The molecule has 8 nitrogen and oxygen atoms in total. The fourth-order valence-electron chi connectivity index (χ4n) is 2.58. The molecule has 0 fully saturated rings. The van der Waals surface area contributed by atoms with Crippen molar-refractivity contribution in [2.24, 2.45) is 9.98 Å². The van der Waals surface area contributed by atoms with Crippen molar-refractivity contribution >= 4 is 61.6 Å². The maximum Gasteiger partial charge on any atom is 2.00 e. The Morgan fingerprint density at radius 2 is 1.17 bits per heavy atom. The number of rotatable bonds is 6. The van der Waals surface area contributed by atoms with Crippen molar-refractivity contribution in [2.45, 2.75) is 6.92 Å². The number of benzene rings is 3. The molecule has 3 rings (SSSR count). The minimum Gasteiger partial charge on any atom is -0.506 e. The summed E-state index contributed by atoms with van der Waals surface area (Å²) in [5, 5.41) is 27.9. The monoisotopic (exact) mass is 647 g/mol. The van der Waals surface area contributed by atoms with E-state index in [0.717, 1.165) is 6.92 Å². The molecule has 183 valence electrons. The summed E-state index contributed by atoms with van der Waals surface area (Å²) >= 11 is 6.60. The summed E-state index contributed by atoms with van der Waals surface area (Å²) in [6.45, 7) is 1.08. The van der Waals surface area contributed by atoms with Crippen LogP contribution in [0, 0.1) is 0 Å². The average molecular weight is 649 g/mol. The summed E-state index contributed by atoms with van der Waals surface area (Å²) in [6, 6.07) is 14.0. The zero-order valence-corrected chi connectivity index (χ0v) is 23.2. The molecule has 0 saturated heterocycles. The minimum atomic E-state index is -0.833. The molecule has 0 aliphatic rings. The van der Waals surface area contributed by atoms with E-state index in [0.29, 0.717) is 42.9 Å². The van der Waals surface area contributed by atoms with Gasteiger partial charge >= 0.3 is 17.1 Å². The first-order valence-corrected chi connectivity index (χ1v) is 11.2. The Morgan fingerprint density at radius 1 is 0.829 bits per heavy atom. The van der Waals surface area contributed by atoms with Crippen molar-refractivity contribution in [3.63, 3.8) is 0 Å². The number of phenols is 2. The van der Waals surface area contributed by atoms with E-state index in [4.69, 9.17) is 19.4 Å². The van der Waals surface area contributed by atoms with Crippen LogP contribution < -0.4 is 9.47 Å². The summed E-state index contributed by atoms with van der Waals surface area (Å²) < 4.78 is 11.5. The standard InChI is InChI=1S/C22H18Br2N2O4.C2H4O2.Mn/c1-29-15-7-13(21(27)17(23)9-15)11-25-19-5-3-4-6-20(19)26-12-14-8-16(30-2)10-18(24)22(14)28;1-2(3)4;/h3-12,27-28H,1-2H3;1H3,(H,3,4);/q;;+2. The number of phenolic OH excluding ortho intramolecular Hbond substituents is 2. The molecule has 0 saturated carbocycles. The normalized spacial score (nSPS) is 10.4. The maximum absolute atomic E-state index is 10.3. The fourth-order valence-corrected chi connectivity index (χ4v) is 3.49. The summed E-state index contributed by atoms with van der Waals surface area (Å²) in [6.07, 6.45) is 3.08. The molecule has 0 aliphatic carbocycles. The minimum absolute atomic E-state index is 0. The van der Waals surface area contributed by atoms with Crippen LogP contribution in [0.4, 0.5) is 11.4 Å².